The minimum Gasteiger partial charge on any atom is -0.379 e. The normalized spacial score (nSPS) is 23.1. The molecule has 1 aromatic heterocycles. The largest absolute Gasteiger partial charge is 0.379 e. The number of piperidine rings is 1. The summed E-state index contributed by atoms with van der Waals surface area (Å²) in [6, 6.07) is 7.32. The van der Waals surface area contributed by atoms with Gasteiger partial charge in [0, 0.05) is 45.1 Å². The lowest BCUT2D eigenvalue weighted by Crippen LogP contribution is -2.49. The maximum atomic E-state index is 14.0. The van der Waals surface area contributed by atoms with Crippen LogP contribution in [0.5, 0.6) is 0 Å². The van der Waals surface area contributed by atoms with Crippen molar-refractivity contribution in [2.45, 2.75) is 32.4 Å². The predicted octanol–water partition coefficient (Wildman–Crippen LogP) is 3.56. The van der Waals surface area contributed by atoms with Crippen LogP contribution in [-0.4, -0.2) is 77.8 Å². The number of nitrogens with one attached hydrogen (secondary N) is 1. The number of hydrogen-bond acceptors (Lipinski definition) is 4. The smallest absolute Gasteiger partial charge is 0.194 e. The van der Waals surface area contributed by atoms with E-state index in [9.17, 15) is 4.39 Å². The molecule has 3 heterocycles. The third-order valence-corrected chi connectivity index (χ3v) is 6.59. The minimum absolute atomic E-state index is 0. The van der Waals surface area contributed by atoms with E-state index in [-0.39, 0.29) is 35.8 Å². The monoisotopic (exact) mass is 570 g/mol. The number of hydrogen-bond donors (Lipinski definition) is 1. The average Bonchev–Trinajstić information content (AvgIpc) is 3.34. The van der Waals surface area contributed by atoms with Gasteiger partial charge in [-0.1, -0.05) is 19.1 Å². The van der Waals surface area contributed by atoms with Gasteiger partial charge in [0.2, 0.25) is 0 Å². The molecule has 2 aliphatic heterocycles. The van der Waals surface area contributed by atoms with Gasteiger partial charge in [-0.05, 0) is 37.0 Å². The van der Waals surface area contributed by atoms with Crippen molar-refractivity contribution < 1.29 is 9.13 Å². The summed E-state index contributed by atoms with van der Waals surface area (Å²) >= 11 is 0. The zero-order chi connectivity index (χ0) is 22.3. The van der Waals surface area contributed by atoms with Gasteiger partial charge in [-0.3, -0.25) is 9.89 Å². The Morgan fingerprint density at radius 1 is 1.30 bits per heavy atom. The van der Waals surface area contributed by atoms with Crippen LogP contribution in [0.4, 0.5) is 4.39 Å². The van der Waals surface area contributed by atoms with Crippen molar-refractivity contribution in [1.29, 1.82) is 0 Å². The van der Waals surface area contributed by atoms with Gasteiger partial charge in [-0.15, -0.1) is 24.0 Å². The molecule has 1 N–H and O–H groups in total. The number of likely N-dealkylation sites (tertiary alicyclic amines) is 1. The maximum absolute atomic E-state index is 14.0. The molecule has 0 radical (unpaired) electrons. The Balaban J connectivity index is 0.00000306. The van der Waals surface area contributed by atoms with E-state index in [4.69, 9.17) is 9.73 Å². The first kappa shape index (κ1) is 25.9. The lowest BCUT2D eigenvalue weighted by atomic mass is 9.93. The lowest BCUT2D eigenvalue weighted by molar-refractivity contribution is 0.0178. The number of benzene rings is 1. The van der Waals surface area contributed by atoms with Crippen molar-refractivity contribution in [3.05, 3.63) is 54.4 Å². The number of guanidine groups is 1. The van der Waals surface area contributed by atoms with Gasteiger partial charge in [-0.2, -0.15) is 0 Å². The molecule has 0 amide bonds. The molecule has 1 aromatic carbocycles. The fourth-order valence-electron chi connectivity index (χ4n) is 4.73. The number of halogens is 2. The van der Waals surface area contributed by atoms with E-state index in [0.29, 0.717) is 31.7 Å². The highest BCUT2D eigenvalue weighted by molar-refractivity contribution is 14.0. The maximum Gasteiger partial charge on any atom is 0.194 e. The topological polar surface area (TPSA) is 57.9 Å². The average molecular weight is 570 g/mol. The quantitative estimate of drug-likeness (QED) is 0.327. The van der Waals surface area contributed by atoms with E-state index in [1.807, 2.05) is 24.8 Å². The van der Waals surface area contributed by atoms with E-state index in [2.05, 4.69) is 38.5 Å². The Kier molecular flexibility index (Phi) is 9.94. The van der Waals surface area contributed by atoms with Crippen molar-refractivity contribution in [1.82, 2.24) is 24.7 Å². The zero-order valence-corrected chi connectivity index (χ0v) is 21.9. The van der Waals surface area contributed by atoms with Crippen LogP contribution in [0.1, 0.15) is 37.9 Å². The number of rotatable bonds is 6. The first-order valence-electron chi connectivity index (χ1n) is 11.7. The Morgan fingerprint density at radius 2 is 2.12 bits per heavy atom. The van der Waals surface area contributed by atoms with Crippen molar-refractivity contribution in [2.24, 2.45) is 10.9 Å². The Hall–Kier alpha value is -1.72. The Bertz CT molecular complexity index is 874. The molecule has 3 unspecified atom stereocenters. The van der Waals surface area contributed by atoms with Crippen LogP contribution in [0.25, 0.3) is 0 Å². The highest BCUT2D eigenvalue weighted by Gasteiger charge is 2.29. The van der Waals surface area contributed by atoms with Crippen LogP contribution in [0.3, 0.4) is 0 Å². The number of ether oxygens (including phenoxy) is 1. The highest BCUT2D eigenvalue weighted by Crippen LogP contribution is 2.28. The van der Waals surface area contributed by atoms with Crippen LogP contribution >= 0.6 is 24.0 Å². The molecule has 2 aromatic rings. The number of aliphatic imine (C=N–C) groups is 1. The second-order valence-corrected chi connectivity index (χ2v) is 8.70. The molecule has 0 saturated carbocycles. The zero-order valence-electron chi connectivity index (χ0n) is 19.6. The van der Waals surface area contributed by atoms with Crippen molar-refractivity contribution in [2.75, 3.05) is 52.5 Å². The van der Waals surface area contributed by atoms with Gasteiger partial charge < -0.3 is 19.5 Å². The first-order valence-corrected chi connectivity index (χ1v) is 11.7. The van der Waals surface area contributed by atoms with Gasteiger partial charge in [0.15, 0.2) is 5.96 Å². The second-order valence-electron chi connectivity index (χ2n) is 8.70. The SMILES string of the molecule is CCNC(=NCC(c1cccc(F)c1)N1CCOCC1)N1CCC(C)C(n2ccnc2)C1.I. The summed E-state index contributed by atoms with van der Waals surface area (Å²) in [5.74, 6) is 1.31. The molecule has 0 bridgehead atoms. The number of nitrogens with zero attached hydrogens (tertiary/aromatic N) is 5. The van der Waals surface area contributed by atoms with Crippen LogP contribution in [-0.2, 0) is 4.74 Å². The Morgan fingerprint density at radius 3 is 2.82 bits per heavy atom. The molecule has 7 nitrogen and oxygen atoms in total. The van der Waals surface area contributed by atoms with Crippen LogP contribution < -0.4 is 5.32 Å². The van der Waals surface area contributed by atoms with E-state index >= 15 is 0 Å². The van der Waals surface area contributed by atoms with Gasteiger partial charge in [0.05, 0.1) is 38.2 Å². The molecule has 2 fully saturated rings. The summed E-state index contributed by atoms with van der Waals surface area (Å²) in [5, 5.41) is 3.49. The lowest BCUT2D eigenvalue weighted by Gasteiger charge is -2.39. The summed E-state index contributed by atoms with van der Waals surface area (Å²) in [6.45, 7) is 10.7. The first-order chi connectivity index (χ1) is 15.7. The molecule has 0 spiro atoms. The van der Waals surface area contributed by atoms with Crippen LogP contribution in [0.2, 0.25) is 0 Å². The van der Waals surface area contributed by atoms with Crippen molar-refractivity contribution in [3.63, 3.8) is 0 Å². The number of imidazole rings is 1. The molecular weight excluding hydrogens is 534 g/mol. The predicted molar refractivity (Wildman–Crippen MR) is 140 cm³/mol. The van der Waals surface area contributed by atoms with E-state index < -0.39 is 0 Å². The van der Waals surface area contributed by atoms with E-state index in [1.54, 1.807) is 12.1 Å². The second kappa shape index (κ2) is 12.7. The fraction of sp³-hybridized carbons (Fsp3) is 0.583. The third-order valence-electron chi connectivity index (χ3n) is 6.59. The molecule has 3 atom stereocenters. The Labute approximate surface area is 213 Å². The van der Waals surface area contributed by atoms with Crippen molar-refractivity contribution >= 4 is 29.9 Å². The summed E-state index contributed by atoms with van der Waals surface area (Å²) < 4.78 is 21.8. The highest BCUT2D eigenvalue weighted by atomic mass is 127. The molecule has 182 valence electrons. The van der Waals surface area contributed by atoms with Gasteiger partial charge in [0.1, 0.15) is 5.82 Å². The summed E-state index contributed by atoms with van der Waals surface area (Å²) in [6.07, 6.45) is 6.90. The van der Waals surface area contributed by atoms with Crippen LogP contribution in [0.15, 0.2) is 48.0 Å². The standard InChI is InChI=1S/C24H35FN6O.HI/c1-3-27-24(30-9-7-19(2)23(17-30)31-10-8-26-18-31)28-16-22(29-11-13-32-14-12-29)20-5-4-6-21(25)15-20;/h4-6,8,10,15,18-19,22-23H,3,7,9,11-14,16-17H2,1-2H3,(H,27,28);1H. The molecule has 4 rings (SSSR count). The van der Waals surface area contributed by atoms with E-state index in [1.165, 1.54) is 6.07 Å². The summed E-state index contributed by atoms with van der Waals surface area (Å²) in [4.78, 5) is 14.0. The third kappa shape index (κ3) is 6.66. The van der Waals surface area contributed by atoms with E-state index in [0.717, 1.165) is 50.7 Å². The molecule has 2 saturated heterocycles. The molecule has 2 aliphatic rings. The number of aromatic nitrogens is 2. The fourth-order valence-corrected chi connectivity index (χ4v) is 4.73. The minimum atomic E-state index is -0.204. The van der Waals surface area contributed by atoms with Gasteiger partial charge in [0.25, 0.3) is 0 Å². The van der Waals surface area contributed by atoms with Crippen LogP contribution in [0, 0.1) is 11.7 Å². The molecular formula is C24H36FIN6O. The molecule has 9 heteroatoms. The molecule has 0 aliphatic carbocycles. The summed E-state index contributed by atoms with van der Waals surface area (Å²) in [7, 11) is 0. The number of morpholine rings is 1. The molecule has 33 heavy (non-hydrogen) atoms. The van der Waals surface area contributed by atoms with Crippen molar-refractivity contribution in [3.8, 4) is 0 Å². The summed E-state index contributed by atoms with van der Waals surface area (Å²) in [5.41, 5.74) is 0.968. The van der Waals surface area contributed by atoms with Gasteiger partial charge >= 0.3 is 0 Å². The van der Waals surface area contributed by atoms with Gasteiger partial charge in [-0.25, -0.2) is 9.37 Å².